The molecule has 0 aliphatic carbocycles. The van der Waals surface area contributed by atoms with Crippen molar-refractivity contribution in [3.05, 3.63) is 58.6 Å². The van der Waals surface area contributed by atoms with Crippen molar-refractivity contribution in [2.24, 2.45) is 0 Å². The van der Waals surface area contributed by atoms with Gasteiger partial charge in [-0.15, -0.1) is 0 Å². The summed E-state index contributed by atoms with van der Waals surface area (Å²) in [5, 5.41) is 5.57. The lowest BCUT2D eigenvalue weighted by molar-refractivity contribution is -0.142. The highest BCUT2D eigenvalue weighted by Gasteiger charge is 2.11. The van der Waals surface area contributed by atoms with Crippen molar-refractivity contribution in [2.45, 2.75) is 6.92 Å². The first kappa shape index (κ1) is 23.8. The first-order chi connectivity index (χ1) is 14.9. The summed E-state index contributed by atoms with van der Waals surface area (Å²) in [5.41, 5.74) is 1.42. The van der Waals surface area contributed by atoms with Crippen LogP contribution in [0.2, 0.25) is 5.02 Å². The number of esters is 1. The van der Waals surface area contributed by atoms with Gasteiger partial charge in [0.25, 0.3) is 11.8 Å². The number of methoxy groups -OCH3 is 2. The smallest absolute Gasteiger partial charge is 0.331 e. The molecule has 0 bridgehead atoms. The van der Waals surface area contributed by atoms with Crippen LogP contribution in [-0.2, 0) is 14.3 Å². The van der Waals surface area contributed by atoms with Gasteiger partial charge >= 0.3 is 5.97 Å². The monoisotopic (exact) mass is 446 g/mol. The van der Waals surface area contributed by atoms with Crippen LogP contribution in [0.5, 0.6) is 11.5 Å². The van der Waals surface area contributed by atoms with Gasteiger partial charge in [-0.25, -0.2) is 4.79 Å². The van der Waals surface area contributed by atoms with Crippen LogP contribution in [0.4, 0.5) is 5.69 Å². The number of carbonyl (C=O) groups excluding carboxylic acids is 3. The average Bonchev–Trinajstić information content (AvgIpc) is 2.76. The summed E-state index contributed by atoms with van der Waals surface area (Å²) >= 11 is 6.12. The van der Waals surface area contributed by atoms with Crippen LogP contribution in [0.3, 0.4) is 0 Å². The van der Waals surface area contributed by atoms with E-state index in [9.17, 15) is 14.4 Å². The number of carbonyl (C=O) groups is 3. The zero-order chi connectivity index (χ0) is 22.8. The van der Waals surface area contributed by atoms with Gasteiger partial charge in [-0.2, -0.15) is 0 Å². The molecule has 8 nitrogen and oxygen atoms in total. The topological polar surface area (TPSA) is 103 Å². The van der Waals surface area contributed by atoms with Gasteiger partial charge < -0.3 is 24.8 Å². The summed E-state index contributed by atoms with van der Waals surface area (Å²) in [4.78, 5) is 35.8. The quantitative estimate of drug-likeness (QED) is 0.452. The van der Waals surface area contributed by atoms with E-state index in [0.717, 1.165) is 0 Å². The third-order valence-corrected chi connectivity index (χ3v) is 4.24. The Labute approximate surface area is 185 Å². The largest absolute Gasteiger partial charge is 0.493 e. The summed E-state index contributed by atoms with van der Waals surface area (Å²) in [6.07, 6.45) is 2.64. The third kappa shape index (κ3) is 7.04. The zero-order valence-electron chi connectivity index (χ0n) is 17.4. The molecule has 31 heavy (non-hydrogen) atoms. The molecule has 0 aliphatic heterocycles. The van der Waals surface area contributed by atoms with Crippen LogP contribution in [0.25, 0.3) is 6.08 Å². The van der Waals surface area contributed by atoms with E-state index in [-0.39, 0.29) is 5.91 Å². The van der Waals surface area contributed by atoms with Gasteiger partial charge in [-0.3, -0.25) is 9.59 Å². The fraction of sp³-hybridized carbons (Fsp3) is 0.227. The Kier molecular flexibility index (Phi) is 8.90. The molecule has 2 aromatic rings. The molecule has 0 unspecified atom stereocenters. The minimum absolute atomic E-state index is 0.245. The van der Waals surface area contributed by atoms with E-state index in [1.54, 1.807) is 30.3 Å². The molecule has 0 aromatic heterocycles. The molecular weight excluding hydrogens is 424 g/mol. The van der Waals surface area contributed by atoms with Crippen molar-refractivity contribution < 1.29 is 28.6 Å². The molecule has 2 rings (SSSR count). The molecule has 0 saturated heterocycles. The van der Waals surface area contributed by atoms with Crippen LogP contribution < -0.4 is 20.1 Å². The number of ether oxygens (including phenoxy) is 3. The van der Waals surface area contributed by atoms with E-state index in [1.807, 2.05) is 6.92 Å². The van der Waals surface area contributed by atoms with E-state index in [0.29, 0.717) is 39.9 Å². The molecule has 9 heteroatoms. The highest BCUT2D eigenvalue weighted by atomic mass is 35.5. The molecule has 0 atom stereocenters. The Morgan fingerprint density at radius 1 is 1.10 bits per heavy atom. The lowest BCUT2D eigenvalue weighted by Gasteiger charge is -2.10. The van der Waals surface area contributed by atoms with Gasteiger partial charge in [-0.1, -0.05) is 17.7 Å². The molecule has 2 aromatic carbocycles. The molecule has 0 aliphatic rings. The fourth-order valence-electron chi connectivity index (χ4n) is 2.58. The highest BCUT2D eigenvalue weighted by Crippen LogP contribution is 2.36. The second-order valence-corrected chi connectivity index (χ2v) is 6.57. The van der Waals surface area contributed by atoms with Crippen LogP contribution in [0.15, 0.2) is 42.5 Å². The van der Waals surface area contributed by atoms with Crippen molar-refractivity contribution in [3.8, 4) is 11.5 Å². The second kappa shape index (κ2) is 11.6. The van der Waals surface area contributed by atoms with Crippen molar-refractivity contribution in [3.63, 3.8) is 0 Å². The van der Waals surface area contributed by atoms with Crippen molar-refractivity contribution in [2.75, 3.05) is 32.7 Å². The number of hydrogen-bond acceptors (Lipinski definition) is 6. The van der Waals surface area contributed by atoms with Gasteiger partial charge in [0.2, 0.25) is 0 Å². The van der Waals surface area contributed by atoms with Crippen LogP contribution >= 0.6 is 11.6 Å². The van der Waals surface area contributed by atoms with Gasteiger partial charge in [0.1, 0.15) is 0 Å². The minimum atomic E-state index is -0.711. The van der Waals surface area contributed by atoms with Crippen LogP contribution in [0, 0.1) is 0 Å². The average molecular weight is 447 g/mol. The number of hydrogen-bond donors (Lipinski definition) is 2. The van der Waals surface area contributed by atoms with Gasteiger partial charge in [-0.05, 0) is 48.9 Å². The maximum atomic E-state index is 12.0. The number of benzene rings is 2. The van der Waals surface area contributed by atoms with Gasteiger partial charge in [0.05, 0.1) is 19.2 Å². The SMILES string of the molecule is CCNC(=O)c1cccc(NC(=O)COC(=O)/C=C/c2cc(Cl)c(OC)c(OC)c2)c1. The second-order valence-electron chi connectivity index (χ2n) is 6.17. The Hall–Kier alpha value is -3.52. The fourth-order valence-corrected chi connectivity index (χ4v) is 2.88. The van der Waals surface area contributed by atoms with E-state index in [1.165, 1.54) is 32.4 Å². The Morgan fingerprint density at radius 2 is 1.87 bits per heavy atom. The Morgan fingerprint density at radius 3 is 2.55 bits per heavy atom. The number of amides is 2. The van der Waals surface area contributed by atoms with Crippen LogP contribution in [-0.4, -0.2) is 45.2 Å². The number of rotatable bonds is 9. The predicted molar refractivity (Wildman–Crippen MR) is 118 cm³/mol. The molecular formula is C22H23ClN2O6. The molecule has 2 amide bonds. The highest BCUT2D eigenvalue weighted by molar-refractivity contribution is 6.32. The lowest BCUT2D eigenvalue weighted by atomic mass is 10.2. The first-order valence-electron chi connectivity index (χ1n) is 9.32. The summed E-state index contributed by atoms with van der Waals surface area (Å²) in [5.74, 6) is -0.694. The van der Waals surface area contributed by atoms with Crippen LogP contribution in [0.1, 0.15) is 22.8 Å². The minimum Gasteiger partial charge on any atom is -0.493 e. The van der Waals surface area contributed by atoms with Crippen molar-refractivity contribution in [1.82, 2.24) is 5.32 Å². The maximum absolute atomic E-state index is 12.0. The van der Waals surface area contributed by atoms with E-state index < -0.39 is 18.5 Å². The number of anilines is 1. The molecule has 164 valence electrons. The Balaban J connectivity index is 1.91. The number of nitrogens with one attached hydrogen (secondary N) is 2. The zero-order valence-corrected chi connectivity index (χ0v) is 18.1. The van der Waals surface area contributed by atoms with E-state index in [4.69, 9.17) is 25.8 Å². The third-order valence-electron chi connectivity index (χ3n) is 3.96. The lowest BCUT2D eigenvalue weighted by Crippen LogP contribution is -2.23. The maximum Gasteiger partial charge on any atom is 0.331 e. The summed E-state index contributed by atoms with van der Waals surface area (Å²) < 4.78 is 15.3. The summed E-state index contributed by atoms with van der Waals surface area (Å²) in [7, 11) is 2.94. The molecule has 0 fully saturated rings. The van der Waals surface area contributed by atoms with Crippen molar-refractivity contribution in [1.29, 1.82) is 0 Å². The Bertz CT molecular complexity index is 990. The summed E-state index contributed by atoms with van der Waals surface area (Å²) in [6.45, 7) is 1.82. The summed E-state index contributed by atoms with van der Waals surface area (Å²) in [6, 6.07) is 9.67. The molecule has 2 N–H and O–H groups in total. The van der Waals surface area contributed by atoms with E-state index in [2.05, 4.69) is 10.6 Å². The van der Waals surface area contributed by atoms with Crippen molar-refractivity contribution >= 4 is 41.1 Å². The standard InChI is InChI=1S/C22H23ClN2O6/c1-4-24-22(28)15-6-5-7-16(12-15)25-19(26)13-31-20(27)9-8-14-10-17(23)21(30-3)18(11-14)29-2/h5-12H,4,13H2,1-3H3,(H,24,28)(H,25,26)/b9-8+. The van der Waals surface area contributed by atoms with E-state index >= 15 is 0 Å². The number of halogens is 1. The molecule has 0 spiro atoms. The molecule has 0 heterocycles. The molecule has 0 saturated carbocycles. The van der Waals surface area contributed by atoms with Gasteiger partial charge in [0.15, 0.2) is 18.1 Å². The predicted octanol–water partition coefficient (Wildman–Crippen LogP) is 3.30. The van der Waals surface area contributed by atoms with Gasteiger partial charge in [0, 0.05) is 23.9 Å². The first-order valence-corrected chi connectivity index (χ1v) is 9.70. The molecule has 0 radical (unpaired) electrons. The normalized spacial score (nSPS) is 10.5.